The van der Waals surface area contributed by atoms with Crippen molar-refractivity contribution >= 4 is 0 Å². The van der Waals surface area contributed by atoms with E-state index < -0.39 is 17.4 Å². The molecule has 6 nitrogen and oxygen atoms in total. The van der Waals surface area contributed by atoms with E-state index in [0.29, 0.717) is 0 Å². The van der Waals surface area contributed by atoms with E-state index in [9.17, 15) is 10.1 Å². The van der Waals surface area contributed by atoms with Gasteiger partial charge >= 0.3 is 0 Å². The van der Waals surface area contributed by atoms with Crippen LogP contribution in [-0.2, 0) is 0 Å². The van der Waals surface area contributed by atoms with Gasteiger partial charge in [-0.15, -0.1) is 0 Å². The van der Waals surface area contributed by atoms with E-state index in [1.165, 1.54) is 18.7 Å². The maximum atomic E-state index is 9.96. The number of nitrogens with zero attached hydrogens (tertiary/aromatic N) is 2. The van der Waals surface area contributed by atoms with E-state index >= 15 is 0 Å². The van der Waals surface area contributed by atoms with Gasteiger partial charge in [0.05, 0.1) is 6.54 Å². The number of hydrogen-bond donors (Lipinski definition) is 2. The molecule has 0 aromatic carbocycles. The van der Waals surface area contributed by atoms with Gasteiger partial charge < -0.3 is 10.2 Å². The van der Waals surface area contributed by atoms with Crippen LogP contribution in [0.3, 0.4) is 0 Å². The molecule has 0 aliphatic heterocycles. The van der Waals surface area contributed by atoms with Crippen molar-refractivity contribution in [1.82, 2.24) is 4.90 Å². The highest BCUT2D eigenvalue weighted by Gasteiger charge is 2.17. The first-order chi connectivity index (χ1) is 5.45. The van der Waals surface area contributed by atoms with Gasteiger partial charge in [-0.05, 0) is 13.8 Å². The van der Waals surface area contributed by atoms with Crippen LogP contribution in [0, 0.1) is 10.1 Å². The summed E-state index contributed by atoms with van der Waals surface area (Å²) in [5, 5.41) is 28.0. The molecule has 0 rings (SSSR count). The van der Waals surface area contributed by atoms with Gasteiger partial charge in [0, 0.05) is 4.92 Å². The lowest BCUT2D eigenvalue weighted by atomic mass is 10.4. The van der Waals surface area contributed by atoms with Crippen LogP contribution in [0.2, 0.25) is 0 Å². The van der Waals surface area contributed by atoms with Gasteiger partial charge in [0.15, 0.2) is 0 Å². The first kappa shape index (κ1) is 11.3. The van der Waals surface area contributed by atoms with E-state index in [0.717, 1.165) is 0 Å². The lowest BCUT2D eigenvalue weighted by molar-refractivity contribution is -0.481. The molecule has 2 unspecified atom stereocenters. The van der Waals surface area contributed by atoms with Crippen LogP contribution in [0.25, 0.3) is 0 Å². The number of aliphatic hydroxyl groups excluding tert-OH is 2. The van der Waals surface area contributed by atoms with E-state index in [1.54, 1.807) is 0 Å². The topological polar surface area (TPSA) is 86.8 Å². The SMILES string of the molecule is CC(O)N(CC[N+](=O)[O-])C(C)O. The number of nitro groups is 1. The Hall–Kier alpha value is -0.720. The lowest BCUT2D eigenvalue weighted by Gasteiger charge is -2.26. The third-order valence-corrected chi connectivity index (χ3v) is 1.50. The third-order valence-electron chi connectivity index (χ3n) is 1.50. The summed E-state index contributed by atoms with van der Waals surface area (Å²) in [6, 6.07) is 0. The highest BCUT2D eigenvalue weighted by atomic mass is 16.6. The van der Waals surface area contributed by atoms with Gasteiger partial charge in [0.2, 0.25) is 6.54 Å². The normalized spacial score (nSPS) is 16.1. The summed E-state index contributed by atoms with van der Waals surface area (Å²) in [5.41, 5.74) is 0. The molecule has 0 radical (unpaired) electrons. The van der Waals surface area contributed by atoms with Crippen molar-refractivity contribution in [3.8, 4) is 0 Å². The molecule has 2 N–H and O–H groups in total. The van der Waals surface area contributed by atoms with Gasteiger partial charge in [0.1, 0.15) is 12.5 Å². The quantitative estimate of drug-likeness (QED) is 0.328. The van der Waals surface area contributed by atoms with Crippen molar-refractivity contribution in [2.24, 2.45) is 0 Å². The first-order valence-electron chi connectivity index (χ1n) is 3.69. The molecule has 72 valence electrons. The Labute approximate surface area is 70.6 Å². The predicted octanol–water partition coefficient (Wildman–Crippen LogP) is -0.758. The molecule has 0 saturated heterocycles. The number of aliphatic hydroxyl groups is 2. The zero-order chi connectivity index (χ0) is 9.72. The molecule has 6 heteroatoms. The molecule has 0 aromatic heterocycles. The first-order valence-corrected chi connectivity index (χ1v) is 3.69. The van der Waals surface area contributed by atoms with Crippen molar-refractivity contribution in [2.45, 2.75) is 26.3 Å². The molecule has 0 fully saturated rings. The van der Waals surface area contributed by atoms with Gasteiger partial charge in [0.25, 0.3) is 0 Å². The molecule has 12 heavy (non-hydrogen) atoms. The molecule has 0 aromatic rings. The zero-order valence-corrected chi connectivity index (χ0v) is 7.17. The fourth-order valence-corrected chi connectivity index (χ4v) is 0.883. The second-order valence-electron chi connectivity index (χ2n) is 2.56. The molecule has 0 saturated carbocycles. The Morgan fingerprint density at radius 2 is 1.83 bits per heavy atom. The van der Waals surface area contributed by atoms with E-state index in [1.807, 2.05) is 0 Å². The second kappa shape index (κ2) is 5.02. The lowest BCUT2D eigenvalue weighted by Crippen LogP contribution is -2.42. The van der Waals surface area contributed by atoms with Crippen LogP contribution in [-0.4, -0.2) is 45.6 Å². The van der Waals surface area contributed by atoms with Crippen LogP contribution >= 0.6 is 0 Å². The summed E-state index contributed by atoms with van der Waals surface area (Å²) in [6.45, 7) is 2.66. The van der Waals surface area contributed by atoms with Crippen molar-refractivity contribution < 1.29 is 15.1 Å². The van der Waals surface area contributed by atoms with Crippen LogP contribution < -0.4 is 0 Å². The fourth-order valence-electron chi connectivity index (χ4n) is 0.883. The standard InChI is InChI=1S/C6H14N2O4/c1-5(9)7(6(2)10)3-4-8(11)12/h5-6,9-10H,3-4H2,1-2H3. The summed E-state index contributed by atoms with van der Waals surface area (Å²) in [5.74, 6) is 0. The maximum Gasteiger partial charge on any atom is 0.216 e. The van der Waals surface area contributed by atoms with Gasteiger partial charge in [-0.3, -0.25) is 10.1 Å². The Kier molecular flexibility index (Phi) is 4.72. The molecular weight excluding hydrogens is 164 g/mol. The van der Waals surface area contributed by atoms with Crippen LogP contribution in [0.5, 0.6) is 0 Å². The molecule has 0 heterocycles. The van der Waals surface area contributed by atoms with Gasteiger partial charge in [-0.1, -0.05) is 0 Å². The van der Waals surface area contributed by atoms with E-state index in [4.69, 9.17) is 10.2 Å². The van der Waals surface area contributed by atoms with Gasteiger partial charge in [-0.25, -0.2) is 4.90 Å². The Balaban J connectivity index is 3.88. The average Bonchev–Trinajstić information content (AvgIpc) is 1.84. The fraction of sp³-hybridized carbons (Fsp3) is 1.00. The monoisotopic (exact) mass is 178 g/mol. The summed E-state index contributed by atoms with van der Waals surface area (Å²) in [6.07, 6.45) is -1.74. The Morgan fingerprint density at radius 1 is 1.42 bits per heavy atom. The van der Waals surface area contributed by atoms with Crippen LogP contribution in [0.4, 0.5) is 0 Å². The molecule has 2 atom stereocenters. The molecular formula is C6H14N2O4. The Morgan fingerprint density at radius 3 is 2.08 bits per heavy atom. The summed E-state index contributed by atoms with van der Waals surface area (Å²) in [4.78, 5) is 10.7. The van der Waals surface area contributed by atoms with E-state index in [2.05, 4.69) is 0 Å². The average molecular weight is 178 g/mol. The maximum absolute atomic E-state index is 9.96. The molecule has 0 spiro atoms. The van der Waals surface area contributed by atoms with Crippen molar-refractivity contribution in [3.63, 3.8) is 0 Å². The largest absolute Gasteiger partial charge is 0.379 e. The molecule has 0 aliphatic carbocycles. The molecule has 0 aliphatic rings. The van der Waals surface area contributed by atoms with Crippen molar-refractivity contribution in [3.05, 3.63) is 10.1 Å². The molecule has 0 amide bonds. The summed E-state index contributed by atoms with van der Waals surface area (Å²) >= 11 is 0. The highest BCUT2D eigenvalue weighted by Crippen LogP contribution is 1.99. The number of rotatable bonds is 5. The Bertz CT molecular complexity index is 140. The van der Waals surface area contributed by atoms with Crippen LogP contribution in [0.1, 0.15) is 13.8 Å². The van der Waals surface area contributed by atoms with E-state index in [-0.39, 0.29) is 13.1 Å². The van der Waals surface area contributed by atoms with Crippen molar-refractivity contribution in [1.29, 1.82) is 0 Å². The minimum Gasteiger partial charge on any atom is -0.379 e. The summed E-state index contributed by atoms with van der Waals surface area (Å²) in [7, 11) is 0. The van der Waals surface area contributed by atoms with Crippen LogP contribution in [0.15, 0.2) is 0 Å². The van der Waals surface area contributed by atoms with Gasteiger partial charge in [-0.2, -0.15) is 0 Å². The second-order valence-corrected chi connectivity index (χ2v) is 2.56. The highest BCUT2D eigenvalue weighted by molar-refractivity contribution is 4.57. The smallest absolute Gasteiger partial charge is 0.216 e. The van der Waals surface area contributed by atoms with Crippen molar-refractivity contribution in [2.75, 3.05) is 13.1 Å². The summed E-state index contributed by atoms with van der Waals surface area (Å²) < 4.78 is 0. The molecule has 0 bridgehead atoms. The number of hydrogen-bond acceptors (Lipinski definition) is 5. The third kappa shape index (κ3) is 4.22. The predicted molar refractivity (Wildman–Crippen MR) is 41.9 cm³/mol. The zero-order valence-electron chi connectivity index (χ0n) is 7.17. The minimum atomic E-state index is -0.870. The minimum absolute atomic E-state index is 0.0440.